The van der Waals surface area contributed by atoms with E-state index in [4.69, 9.17) is 0 Å². The van der Waals surface area contributed by atoms with Gasteiger partial charge in [-0.1, -0.05) is 30.3 Å². The molecule has 142 valence electrons. The van der Waals surface area contributed by atoms with Crippen molar-refractivity contribution in [3.63, 3.8) is 0 Å². The lowest BCUT2D eigenvalue weighted by Gasteiger charge is -2.21. The highest BCUT2D eigenvalue weighted by Gasteiger charge is 2.15. The molecule has 0 spiro atoms. The van der Waals surface area contributed by atoms with Gasteiger partial charge in [-0.25, -0.2) is 0 Å². The first kappa shape index (κ1) is 19.2. The fourth-order valence-corrected chi connectivity index (χ4v) is 3.75. The van der Waals surface area contributed by atoms with E-state index in [1.807, 2.05) is 25.1 Å². The molecule has 0 bridgehead atoms. The van der Waals surface area contributed by atoms with Crippen LogP contribution in [0, 0.1) is 6.92 Å². The summed E-state index contributed by atoms with van der Waals surface area (Å²) in [5.74, 6) is 0. The van der Waals surface area contributed by atoms with Crippen LogP contribution < -0.4 is 15.2 Å². The van der Waals surface area contributed by atoms with E-state index in [2.05, 4.69) is 61.1 Å². The molecule has 0 saturated carbocycles. The SMILES string of the molecule is CCN(CC)c1ccc2[nH]c(C)c(C[NH+](C)Cc3ccccc3)c(=O)c2c1. The van der Waals surface area contributed by atoms with E-state index in [-0.39, 0.29) is 5.43 Å². The summed E-state index contributed by atoms with van der Waals surface area (Å²) in [7, 11) is 2.14. The minimum atomic E-state index is 0.155. The number of aromatic amines is 1. The van der Waals surface area contributed by atoms with Gasteiger partial charge in [0.25, 0.3) is 0 Å². The molecule has 0 aliphatic heterocycles. The van der Waals surface area contributed by atoms with Gasteiger partial charge in [0.2, 0.25) is 0 Å². The Morgan fingerprint density at radius 1 is 1.00 bits per heavy atom. The summed E-state index contributed by atoms with van der Waals surface area (Å²) in [5, 5.41) is 0.785. The first-order chi connectivity index (χ1) is 13.0. The summed E-state index contributed by atoms with van der Waals surface area (Å²) >= 11 is 0. The quantitative estimate of drug-likeness (QED) is 0.677. The zero-order chi connectivity index (χ0) is 19.4. The van der Waals surface area contributed by atoms with Crippen LogP contribution in [0.5, 0.6) is 0 Å². The Morgan fingerprint density at radius 2 is 1.70 bits per heavy atom. The minimum absolute atomic E-state index is 0.155. The van der Waals surface area contributed by atoms with Crippen molar-refractivity contribution in [3.05, 3.63) is 75.6 Å². The Labute approximate surface area is 161 Å². The van der Waals surface area contributed by atoms with E-state index in [0.29, 0.717) is 6.54 Å². The lowest BCUT2D eigenvalue weighted by atomic mass is 10.1. The van der Waals surface area contributed by atoms with Crippen LogP contribution in [-0.4, -0.2) is 25.1 Å². The van der Waals surface area contributed by atoms with Gasteiger partial charge in [-0.15, -0.1) is 0 Å². The highest BCUT2D eigenvalue weighted by atomic mass is 16.1. The lowest BCUT2D eigenvalue weighted by Crippen LogP contribution is -3.06. The highest BCUT2D eigenvalue weighted by molar-refractivity contribution is 5.83. The van der Waals surface area contributed by atoms with Gasteiger partial charge in [0, 0.05) is 40.9 Å². The van der Waals surface area contributed by atoms with Crippen molar-refractivity contribution in [1.29, 1.82) is 0 Å². The van der Waals surface area contributed by atoms with Crippen LogP contribution >= 0.6 is 0 Å². The van der Waals surface area contributed by atoms with Gasteiger partial charge in [0.1, 0.15) is 13.1 Å². The predicted octanol–water partition coefficient (Wildman–Crippen LogP) is 2.90. The van der Waals surface area contributed by atoms with Crippen LogP contribution in [0.15, 0.2) is 53.3 Å². The molecule has 0 fully saturated rings. The number of quaternary nitrogens is 1. The van der Waals surface area contributed by atoms with Gasteiger partial charge in [0.15, 0.2) is 5.43 Å². The molecule has 4 nitrogen and oxygen atoms in total. The van der Waals surface area contributed by atoms with E-state index >= 15 is 0 Å². The molecule has 3 rings (SSSR count). The third kappa shape index (κ3) is 4.22. The van der Waals surface area contributed by atoms with Gasteiger partial charge in [-0.2, -0.15) is 0 Å². The van der Waals surface area contributed by atoms with E-state index < -0.39 is 0 Å². The second kappa shape index (κ2) is 8.40. The number of nitrogens with one attached hydrogen (secondary N) is 2. The Balaban J connectivity index is 1.93. The molecule has 1 atom stereocenters. The predicted molar refractivity (Wildman–Crippen MR) is 114 cm³/mol. The Hall–Kier alpha value is -2.59. The summed E-state index contributed by atoms with van der Waals surface area (Å²) in [4.78, 5) is 20.2. The topological polar surface area (TPSA) is 40.5 Å². The zero-order valence-corrected chi connectivity index (χ0v) is 16.8. The maximum Gasteiger partial charge on any atom is 0.198 e. The van der Waals surface area contributed by atoms with Crippen molar-refractivity contribution in [2.24, 2.45) is 0 Å². The standard InChI is InChI=1S/C23H29N3O/c1-5-26(6-2)19-12-13-22-20(14-19)23(27)21(17(3)24-22)16-25(4)15-18-10-8-7-9-11-18/h7-14H,5-6,15-16H2,1-4H3,(H,24,27)/p+1. The molecule has 2 N–H and O–H groups in total. The van der Waals surface area contributed by atoms with Gasteiger partial charge in [0.05, 0.1) is 12.6 Å². The smallest absolute Gasteiger partial charge is 0.198 e. The normalized spacial score (nSPS) is 12.3. The fourth-order valence-electron chi connectivity index (χ4n) is 3.75. The van der Waals surface area contributed by atoms with Crippen molar-refractivity contribution in [2.75, 3.05) is 25.0 Å². The van der Waals surface area contributed by atoms with E-state index in [0.717, 1.165) is 47.5 Å². The van der Waals surface area contributed by atoms with Gasteiger partial charge >= 0.3 is 0 Å². The fraction of sp³-hybridized carbons (Fsp3) is 0.348. The monoisotopic (exact) mass is 364 g/mol. The van der Waals surface area contributed by atoms with Crippen molar-refractivity contribution in [2.45, 2.75) is 33.9 Å². The molecule has 0 aliphatic rings. The maximum absolute atomic E-state index is 13.2. The van der Waals surface area contributed by atoms with Crippen molar-refractivity contribution < 1.29 is 4.90 Å². The summed E-state index contributed by atoms with van der Waals surface area (Å²) < 4.78 is 0. The first-order valence-electron chi connectivity index (χ1n) is 9.79. The van der Waals surface area contributed by atoms with Crippen LogP contribution in [0.3, 0.4) is 0 Å². The molecule has 0 saturated heterocycles. The molecule has 4 heteroatoms. The number of fused-ring (bicyclic) bond motifs is 1. The minimum Gasteiger partial charge on any atom is -0.372 e. The number of hydrogen-bond acceptors (Lipinski definition) is 2. The van der Waals surface area contributed by atoms with Crippen molar-refractivity contribution >= 4 is 16.6 Å². The van der Waals surface area contributed by atoms with Gasteiger partial charge < -0.3 is 14.8 Å². The van der Waals surface area contributed by atoms with Crippen LogP contribution in [0.1, 0.15) is 30.7 Å². The number of aromatic nitrogens is 1. The molecule has 0 aliphatic carbocycles. The third-order valence-electron chi connectivity index (χ3n) is 5.25. The molecular formula is C23H30N3O+. The van der Waals surface area contributed by atoms with Gasteiger partial charge in [-0.3, -0.25) is 4.79 Å². The number of pyridine rings is 1. The summed E-state index contributed by atoms with van der Waals surface area (Å²) in [6, 6.07) is 16.6. The van der Waals surface area contributed by atoms with E-state index in [9.17, 15) is 4.79 Å². The first-order valence-corrected chi connectivity index (χ1v) is 9.79. The van der Waals surface area contributed by atoms with E-state index in [1.165, 1.54) is 10.5 Å². The third-order valence-corrected chi connectivity index (χ3v) is 5.25. The largest absolute Gasteiger partial charge is 0.372 e. The number of anilines is 1. The second-order valence-corrected chi connectivity index (χ2v) is 7.26. The molecule has 1 unspecified atom stereocenters. The highest BCUT2D eigenvalue weighted by Crippen LogP contribution is 2.20. The number of aryl methyl sites for hydroxylation is 1. The number of rotatable bonds is 7. The molecule has 1 aromatic heterocycles. The average Bonchev–Trinajstić information content (AvgIpc) is 2.67. The number of nitrogens with zero attached hydrogens (tertiary/aromatic N) is 1. The zero-order valence-electron chi connectivity index (χ0n) is 16.8. The molecule has 1 heterocycles. The Morgan fingerprint density at radius 3 is 2.37 bits per heavy atom. The number of H-pyrrole nitrogens is 1. The van der Waals surface area contributed by atoms with Crippen LogP contribution in [-0.2, 0) is 13.1 Å². The van der Waals surface area contributed by atoms with Gasteiger partial charge in [-0.05, 0) is 39.0 Å². The molecule has 0 amide bonds. The van der Waals surface area contributed by atoms with Crippen LogP contribution in [0.4, 0.5) is 5.69 Å². The molecule has 2 aromatic carbocycles. The number of benzene rings is 2. The lowest BCUT2D eigenvalue weighted by molar-refractivity contribution is -0.907. The van der Waals surface area contributed by atoms with Crippen LogP contribution in [0.25, 0.3) is 10.9 Å². The summed E-state index contributed by atoms with van der Waals surface area (Å²) in [5.41, 5.74) is 5.31. The summed E-state index contributed by atoms with van der Waals surface area (Å²) in [6.45, 7) is 9.76. The van der Waals surface area contributed by atoms with Crippen LogP contribution in [0.2, 0.25) is 0 Å². The summed E-state index contributed by atoms with van der Waals surface area (Å²) in [6.07, 6.45) is 0. The van der Waals surface area contributed by atoms with Crippen molar-refractivity contribution in [1.82, 2.24) is 4.98 Å². The molecule has 0 radical (unpaired) electrons. The Kier molecular flexibility index (Phi) is 5.97. The average molecular weight is 365 g/mol. The number of hydrogen-bond donors (Lipinski definition) is 2. The molecule has 27 heavy (non-hydrogen) atoms. The van der Waals surface area contributed by atoms with E-state index in [1.54, 1.807) is 0 Å². The maximum atomic E-state index is 13.2. The molecule has 3 aromatic rings. The molecular weight excluding hydrogens is 334 g/mol. The Bertz CT molecular complexity index is 959. The second-order valence-electron chi connectivity index (χ2n) is 7.26. The van der Waals surface area contributed by atoms with Crippen molar-refractivity contribution in [3.8, 4) is 0 Å².